The molecule has 2 heterocycles. The third kappa shape index (κ3) is 1.71. The van der Waals surface area contributed by atoms with Gasteiger partial charge in [0.25, 0.3) is 0 Å². The van der Waals surface area contributed by atoms with Crippen LogP contribution in [0.4, 0.5) is 5.82 Å². The van der Waals surface area contributed by atoms with Crippen LogP contribution in [-0.4, -0.2) is 20.0 Å². The average Bonchev–Trinajstić information content (AvgIpc) is 2.93. The van der Waals surface area contributed by atoms with E-state index >= 15 is 0 Å². The molecule has 2 N–H and O–H groups in total. The zero-order valence-electron chi connectivity index (χ0n) is 10.00. The van der Waals surface area contributed by atoms with Crippen molar-refractivity contribution in [3.8, 4) is 0 Å². The van der Waals surface area contributed by atoms with Gasteiger partial charge in [-0.2, -0.15) is 0 Å². The van der Waals surface area contributed by atoms with E-state index in [1.807, 2.05) is 31.2 Å². The monoisotopic (exact) mass is 243 g/mol. The van der Waals surface area contributed by atoms with Crippen molar-refractivity contribution in [3.05, 3.63) is 35.9 Å². The van der Waals surface area contributed by atoms with E-state index in [1.54, 1.807) is 4.68 Å². The number of hydrogen-bond acceptors (Lipinski definition) is 5. The molecule has 2 aromatic heterocycles. The Balaban J connectivity index is 1.96. The van der Waals surface area contributed by atoms with Gasteiger partial charge in [0.05, 0.1) is 5.69 Å². The minimum atomic E-state index is 0.446. The molecule has 0 amide bonds. The van der Waals surface area contributed by atoms with Gasteiger partial charge in [0.2, 0.25) is 5.89 Å². The van der Waals surface area contributed by atoms with Gasteiger partial charge in [0.15, 0.2) is 11.4 Å². The molecule has 3 aromatic rings. The van der Waals surface area contributed by atoms with Gasteiger partial charge in [-0.15, -0.1) is 5.10 Å². The Bertz CT molecular complexity index is 652. The Morgan fingerprint density at radius 2 is 2.17 bits per heavy atom. The highest BCUT2D eigenvalue weighted by molar-refractivity contribution is 5.72. The molecule has 6 heteroatoms. The summed E-state index contributed by atoms with van der Waals surface area (Å²) >= 11 is 0. The van der Waals surface area contributed by atoms with Gasteiger partial charge in [0, 0.05) is 0 Å². The maximum atomic E-state index is 5.74. The number of aromatic nitrogens is 4. The molecule has 0 aliphatic carbocycles. The summed E-state index contributed by atoms with van der Waals surface area (Å²) in [6, 6.07) is 7.66. The molecular weight excluding hydrogens is 230 g/mol. The lowest BCUT2D eigenvalue weighted by molar-refractivity contribution is 0.478. The van der Waals surface area contributed by atoms with Gasteiger partial charge < -0.3 is 10.2 Å². The van der Waals surface area contributed by atoms with E-state index < -0.39 is 0 Å². The second-order valence-corrected chi connectivity index (χ2v) is 4.01. The second-order valence-electron chi connectivity index (χ2n) is 4.01. The van der Waals surface area contributed by atoms with Crippen LogP contribution in [0.15, 0.2) is 28.7 Å². The largest absolute Gasteiger partial charge is 0.439 e. The average molecular weight is 243 g/mol. The molecule has 0 aliphatic heterocycles. The minimum absolute atomic E-state index is 0.446. The normalized spacial score (nSPS) is 11.2. The molecule has 3 rings (SSSR count). The number of para-hydroxylation sites is 2. The van der Waals surface area contributed by atoms with Crippen molar-refractivity contribution >= 4 is 16.9 Å². The van der Waals surface area contributed by atoms with Crippen LogP contribution in [-0.2, 0) is 13.0 Å². The number of oxazole rings is 1. The van der Waals surface area contributed by atoms with Crippen LogP contribution < -0.4 is 5.73 Å². The molecule has 6 nitrogen and oxygen atoms in total. The first-order valence-corrected chi connectivity index (χ1v) is 5.80. The summed E-state index contributed by atoms with van der Waals surface area (Å²) in [5, 5.41) is 7.85. The van der Waals surface area contributed by atoms with Crippen molar-refractivity contribution in [2.75, 3.05) is 5.73 Å². The fourth-order valence-electron chi connectivity index (χ4n) is 1.95. The third-order valence-electron chi connectivity index (χ3n) is 2.83. The Hall–Kier alpha value is -2.37. The Labute approximate surface area is 103 Å². The summed E-state index contributed by atoms with van der Waals surface area (Å²) in [7, 11) is 0. The molecule has 0 saturated heterocycles. The minimum Gasteiger partial charge on any atom is -0.439 e. The van der Waals surface area contributed by atoms with Crippen LogP contribution in [0.2, 0.25) is 0 Å². The Morgan fingerprint density at radius 1 is 1.33 bits per heavy atom. The quantitative estimate of drug-likeness (QED) is 0.755. The Morgan fingerprint density at radius 3 is 2.94 bits per heavy atom. The summed E-state index contributed by atoms with van der Waals surface area (Å²) in [6.45, 7) is 2.46. The van der Waals surface area contributed by atoms with Crippen LogP contribution in [0.5, 0.6) is 0 Å². The van der Waals surface area contributed by atoms with Crippen molar-refractivity contribution in [1.82, 2.24) is 20.0 Å². The molecule has 92 valence electrons. The molecule has 0 aliphatic rings. The predicted octanol–water partition coefficient (Wildman–Crippen LogP) is 1.61. The summed E-state index contributed by atoms with van der Waals surface area (Å²) in [5.41, 5.74) is 8.26. The van der Waals surface area contributed by atoms with Crippen LogP contribution in [0.1, 0.15) is 18.5 Å². The maximum absolute atomic E-state index is 5.74. The summed E-state index contributed by atoms with van der Waals surface area (Å²) in [6.07, 6.45) is 0.777. The Kier molecular flexibility index (Phi) is 2.47. The molecular formula is C12H13N5O. The van der Waals surface area contributed by atoms with E-state index in [0.717, 1.165) is 23.2 Å². The molecule has 0 bridgehead atoms. The number of anilines is 1. The standard InChI is InChI=1S/C12H13N5O/c1-2-9-12(13)15-16-17(9)7-11-14-8-5-3-4-6-10(8)18-11/h3-6H,2,7,13H2,1H3. The third-order valence-corrected chi connectivity index (χ3v) is 2.83. The van der Waals surface area contributed by atoms with Crippen LogP contribution in [0.25, 0.3) is 11.1 Å². The van der Waals surface area contributed by atoms with E-state index in [2.05, 4.69) is 15.3 Å². The molecule has 0 fully saturated rings. The number of hydrogen-bond donors (Lipinski definition) is 1. The summed E-state index contributed by atoms with van der Waals surface area (Å²) in [5.74, 6) is 1.07. The highest BCUT2D eigenvalue weighted by atomic mass is 16.3. The molecule has 0 unspecified atom stereocenters. The van der Waals surface area contributed by atoms with Crippen LogP contribution in [0.3, 0.4) is 0 Å². The summed E-state index contributed by atoms with van der Waals surface area (Å²) < 4.78 is 7.36. The summed E-state index contributed by atoms with van der Waals surface area (Å²) in [4.78, 5) is 4.40. The molecule has 1 aromatic carbocycles. The second kappa shape index (κ2) is 4.14. The number of benzene rings is 1. The van der Waals surface area contributed by atoms with Crippen LogP contribution in [0, 0.1) is 0 Å². The maximum Gasteiger partial charge on any atom is 0.217 e. The van der Waals surface area contributed by atoms with Crippen molar-refractivity contribution in [2.45, 2.75) is 19.9 Å². The van der Waals surface area contributed by atoms with Gasteiger partial charge in [-0.25, -0.2) is 9.67 Å². The fourth-order valence-corrected chi connectivity index (χ4v) is 1.95. The number of fused-ring (bicyclic) bond motifs is 1. The lowest BCUT2D eigenvalue weighted by atomic mass is 10.3. The van der Waals surface area contributed by atoms with Gasteiger partial charge in [-0.3, -0.25) is 0 Å². The smallest absolute Gasteiger partial charge is 0.217 e. The number of nitrogens with zero attached hydrogens (tertiary/aromatic N) is 4. The zero-order chi connectivity index (χ0) is 12.5. The van der Waals surface area contributed by atoms with Crippen molar-refractivity contribution < 1.29 is 4.42 Å². The first-order valence-electron chi connectivity index (χ1n) is 5.80. The van der Waals surface area contributed by atoms with Crippen molar-refractivity contribution in [1.29, 1.82) is 0 Å². The van der Waals surface area contributed by atoms with E-state index in [1.165, 1.54) is 0 Å². The van der Waals surface area contributed by atoms with Crippen molar-refractivity contribution in [2.24, 2.45) is 0 Å². The highest BCUT2D eigenvalue weighted by Gasteiger charge is 2.11. The molecule has 18 heavy (non-hydrogen) atoms. The number of rotatable bonds is 3. The lowest BCUT2D eigenvalue weighted by Crippen LogP contribution is -2.06. The van der Waals surface area contributed by atoms with Crippen molar-refractivity contribution in [3.63, 3.8) is 0 Å². The zero-order valence-corrected chi connectivity index (χ0v) is 10.00. The van der Waals surface area contributed by atoms with Gasteiger partial charge in [-0.1, -0.05) is 24.3 Å². The number of nitrogen functional groups attached to an aromatic ring is 1. The van der Waals surface area contributed by atoms with E-state index in [-0.39, 0.29) is 0 Å². The number of nitrogens with two attached hydrogens (primary N) is 1. The van der Waals surface area contributed by atoms with Gasteiger partial charge in [-0.05, 0) is 18.6 Å². The first kappa shape index (κ1) is 10.8. The molecule has 0 radical (unpaired) electrons. The first-order chi connectivity index (χ1) is 8.78. The fraction of sp³-hybridized carbons (Fsp3) is 0.250. The lowest BCUT2D eigenvalue weighted by Gasteiger charge is -2.00. The SMILES string of the molecule is CCc1c(N)nnn1Cc1nc2ccccc2o1. The van der Waals surface area contributed by atoms with Gasteiger partial charge >= 0.3 is 0 Å². The molecule has 0 saturated carbocycles. The topological polar surface area (TPSA) is 82.8 Å². The van der Waals surface area contributed by atoms with E-state index in [0.29, 0.717) is 18.3 Å². The van der Waals surface area contributed by atoms with Gasteiger partial charge in [0.1, 0.15) is 12.1 Å². The van der Waals surface area contributed by atoms with E-state index in [4.69, 9.17) is 10.2 Å². The molecule has 0 atom stereocenters. The van der Waals surface area contributed by atoms with E-state index in [9.17, 15) is 0 Å². The predicted molar refractivity (Wildman–Crippen MR) is 66.9 cm³/mol. The van der Waals surface area contributed by atoms with Crippen LogP contribution >= 0.6 is 0 Å². The highest BCUT2D eigenvalue weighted by Crippen LogP contribution is 2.16. The molecule has 0 spiro atoms.